The Balaban J connectivity index is 0.00000220. The molecule has 1 aromatic carbocycles. The maximum Gasteiger partial charge on any atom is 0.250 e. The number of amides is 1. The van der Waals surface area contributed by atoms with Crippen LogP contribution in [0.15, 0.2) is 12.1 Å². The van der Waals surface area contributed by atoms with E-state index in [1.165, 1.54) is 12.1 Å². The quantitative estimate of drug-likeness (QED) is 0.818. The summed E-state index contributed by atoms with van der Waals surface area (Å²) in [5.41, 5.74) is 0.477. The predicted octanol–water partition coefficient (Wildman–Crippen LogP) is 2.72. The molecule has 8 heteroatoms. The zero-order valence-electron chi connectivity index (χ0n) is 11.3. The molecule has 2 atom stereocenters. The van der Waals surface area contributed by atoms with Gasteiger partial charge in [0, 0.05) is 18.1 Å². The second-order valence-electron chi connectivity index (χ2n) is 4.58. The minimum absolute atomic E-state index is 0. The van der Waals surface area contributed by atoms with Crippen molar-refractivity contribution in [1.29, 1.82) is 0 Å². The monoisotopic (exact) mass is 356 g/mol. The smallest absolute Gasteiger partial charge is 0.250 e. The topological polar surface area (TPSA) is 50.4 Å². The molecular formula is C13H16Cl3FN2O2. The van der Waals surface area contributed by atoms with Gasteiger partial charge in [-0.05, 0) is 24.6 Å². The van der Waals surface area contributed by atoms with E-state index in [9.17, 15) is 9.18 Å². The Bertz CT molecular complexity index is 510. The molecule has 0 saturated carbocycles. The lowest BCUT2D eigenvalue weighted by molar-refractivity contribution is -0.134. The van der Waals surface area contributed by atoms with Crippen LogP contribution in [0.2, 0.25) is 10.0 Å². The third-order valence-corrected chi connectivity index (χ3v) is 3.70. The highest BCUT2D eigenvalue weighted by atomic mass is 35.5. The third kappa shape index (κ3) is 4.69. The van der Waals surface area contributed by atoms with Gasteiger partial charge in [-0.15, -0.1) is 12.4 Å². The van der Waals surface area contributed by atoms with E-state index in [2.05, 4.69) is 10.6 Å². The lowest BCUT2D eigenvalue weighted by Crippen LogP contribution is -2.48. The second-order valence-corrected chi connectivity index (χ2v) is 5.40. The minimum Gasteiger partial charge on any atom is -0.366 e. The fourth-order valence-corrected chi connectivity index (χ4v) is 2.53. The van der Waals surface area contributed by atoms with Crippen LogP contribution < -0.4 is 10.6 Å². The Hall–Kier alpha value is -0.590. The Labute approximate surface area is 138 Å². The molecule has 1 aliphatic rings. The zero-order valence-corrected chi connectivity index (χ0v) is 13.6. The Kier molecular flexibility index (Phi) is 7.16. The summed E-state index contributed by atoms with van der Waals surface area (Å²) in [5, 5.41) is 6.09. The van der Waals surface area contributed by atoms with Crippen molar-refractivity contribution in [3.8, 4) is 0 Å². The number of benzene rings is 1. The molecule has 0 spiro atoms. The highest BCUT2D eigenvalue weighted by Gasteiger charge is 2.24. The molecule has 118 valence electrons. The molecular weight excluding hydrogens is 342 g/mol. The van der Waals surface area contributed by atoms with Gasteiger partial charge in [0.15, 0.2) is 0 Å². The maximum absolute atomic E-state index is 13.5. The molecule has 1 aromatic rings. The second kappa shape index (κ2) is 8.15. The molecule has 2 unspecified atom stereocenters. The number of nitrogens with one attached hydrogen (secondary N) is 2. The molecule has 1 amide bonds. The fourth-order valence-electron chi connectivity index (χ4n) is 1.99. The third-order valence-electron chi connectivity index (χ3n) is 3.08. The van der Waals surface area contributed by atoms with Crippen LogP contribution >= 0.6 is 35.6 Å². The molecule has 1 fully saturated rings. The molecule has 0 bridgehead atoms. The van der Waals surface area contributed by atoms with Crippen LogP contribution in [0.5, 0.6) is 0 Å². The van der Waals surface area contributed by atoms with E-state index < -0.39 is 18.0 Å². The SMILES string of the molecule is CC(NC(=O)C1CNCCO1)c1cc(F)c(Cl)cc1Cl.Cl. The van der Waals surface area contributed by atoms with Gasteiger partial charge in [0.25, 0.3) is 5.91 Å². The molecule has 1 aliphatic heterocycles. The maximum atomic E-state index is 13.5. The van der Waals surface area contributed by atoms with E-state index >= 15 is 0 Å². The zero-order chi connectivity index (χ0) is 14.7. The van der Waals surface area contributed by atoms with Crippen molar-refractivity contribution in [2.24, 2.45) is 0 Å². The van der Waals surface area contributed by atoms with Gasteiger partial charge in [-0.25, -0.2) is 4.39 Å². The minimum atomic E-state index is -0.567. The number of hydrogen-bond acceptors (Lipinski definition) is 3. The predicted molar refractivity (Wildman–Crippen MR) is 82.8 cm³/mol. The molecule has 0 aliphatic carbocycles. The van der Waals surface area contributed by atoms with E-state index in [1.807, 2.05) is 0 Å². The number of morpholine rings is 1. The molecule has 2 rings (SSSR count). The summed E-state index contributed by atoms with van der Waals surface area (Å²) < 4.78 is 18.8. The first kappa shape index (κ1) is 18.5. The Morgan fingerprint density at radius 1 is 1.48 bits per heavy atom. The van der Waals surface area contributed by atoms with Crippen molar-refractivity contribution < 1.29 is 13.9 Å². The van der Waals surface area contributed by atoms with Crippen LogP contribution in [0, 0.1) is 5.82 Å². The highest BCUT2D eigenvalue weighted by Crippen LogP contribution is 2.28. The standard InChI is InChI=1S/C13H15Cl2FN2O2.ClH/c1-7(8-4-11(16)10(15)5-9(8)14)18-13(19)12-6-17-2-3-20-12;/h4-5,7,12,17H,2-3,6H2,1H3,(H,18,19);1H. The molecule has 21 heavy (non-hydrogen) atoms. The van der Waals surface area contributed by atoms with Crippen LogP contribution in [0.25, 0.3) is 0 Å². The summed E-state index contributed by atoms with van der Waals surface area (Å²) in [6, 6.07) is 2.12. The Morgan fingerprint density at radius 2 is 2.19 bits per heavy atom. The first-order valence-corrected chi connectivity index (χ1v) is 7.01. The molecule has 4 nitrogen and oxygen atoms in total. The van der Waals surface area contributed by atoms with Crippen molar-refractivity contribution in [1.82, 2.24) is 10.6 Å². The molecule has 1 saturated heterocycles. The number of ether oxygens (including phenoxy) is 1. The summed E-state index contributed by atoms with van der Waals surface area (Å²) >= 11 is 11.7. The van der Waals surface area contributed by atoms with Gasteiger partial charge in [0.2, 0.25) is 0 Å². The molecule has 0 radical (unpaired) electrons. The van der Waals surface area contributed by atoms with Crippen LogP contribution in [-0.2, 0) is 9.53 Å². The summed E-state index contributed by atoms with van der Waals surface area (Å²) in [7, 11) is 0. The van der Waals surface area contributed by atoms with Gasteiger partial charge < -0.3 is 15.4 Å². The molecule has 1 heterocycles. The summed E-state index contributed by atoms with van der Waals surface area (Å²) in [5.74, 6) is -0.820. The fraction of sp³-hybridized carbons (Fsp3) is 0.462. The van der Waals surface area contributed by atoms with Gasteiger partial charge >= 0.3 is 0 Å². The van der Waals surface area contributed by atoms with Crippen molar-refractivity contribution in [3.05, 3.63) is 33.6 Å². The van der Waals surface area contributed by atoms with Gasteiger partial charge in [-0.2, -0.15) is 0 Å². The van der Waals surface area contributed by atoms with Gasteiger partial charge in [-0.1, -0.05) is 23.2 Å². The summed E-state index contributed by atoms with van der Waals surface area (Å²) in [6.45, 7) is 3.40. The number of rotatable bonds is 3. The summed E-state index contributed by atoms with van der Waals surface area (Å²) in [6.07, 6.45) is -0.540. The number of carbonyl (C=O) groups excluding carboxylic acids is 1. The van der Waals surface area contributed by atoms with Gasteiger partial charge in [-0.3, -0.25) is 4.79 Å². The largest absolute Gasteiger partial charge is 0.366 e. The normalized spacial score (nSPS) is 19.5. The van der Waals surface area contributed by atoms with E-state index in [1.54, 1.807) is 6.92 Å². The van der Waals surface area contributed by atoms with Crippen LogP contribution in [0.4, 0.5) is 4.39 Å². The first-order chi connectivity index (χ1) is 9.49. The van der Waals surface area contributed by atoms with Gasteiger partial charge in [0.05, 0.1) is 17.7 Å². The number of halogens is 4. The summed E-state index contributed by atoms with van der Waals surface area (Å²) in [4.78, 5) is 12.0. The molecule has 2 N–H and O–H groups in total. The average molecular weight is 358 g/mol. The number of hydrogen-bond donors (Lipinski definition) is 2. The van der Waals surface area contributed by atoms with Gasteiger partial charge in [0.1, 0.15) is 11.9 Å². The van der Waals surface area contributed by atoms with E-state index in [0.29, 0.717) is 23.7 Å². The number of carbonyl (C=O) groups is 1. The average Bonchev–Trinajstić information content (AvgIpc) is 2.43. The van der Waals surface area contributed by atoms with Crippen LogP contribution in [-0.4, -0.2) is 31.7 Å². The van der Waals surface area contributed by atoms with E-state index in [-0.39, 0.29) is 23.3 Å². The molecule has 0 aromatic heterocycles. The highest BCUT2D eigenvalue weighted by molar-refractivity contribution is 6.35. The Morgan fingerprint density at radius 3 is 2.81 bits per heavy atom. The van der Waals surface area contributed by atoms with Crippen LogP contribution in [0.3, 0.4) is 0 Å². The van der Waals surface area contributed by atoms with Crippen molar-refractivity contribution in [2.45, 2.75) is 19.1 Å². The van der Waals surface area contributed by atoms with Crippen molar-refractivity contribution in [2.75, 3.05) is 19.7 Å². The van der Waals surface area contributed by atoms with Crippen molar-refractivity contribution >= 4 is 41.5 Å². The van der Waals surface area contributed by atoms with Crippen LogP contribution in [0.1, 0.15) is 18.5 Å². The lowest BCUT2D eigenvalue weighted by Gasteiger charge is -2.25. The van der Waals surface area contributed by atoms with E-state index in [0.717, 1.165) is 6.54 Å². The van der Waals surface area contributed by atoms with Crippen molar-refractivity contribution in [3.63, 3.8) is 0 Å². The lowest BCUT2D eigenvalue weighted by atomic mass is 10.1. The van der Waals surface area contributed by atoms with E-state index in [4.69, 9.17) is 27.9 Å². The first-order valence-electron chi connectivity index (χ1n) is 6.26.